The lowest BCUT2D eigenvalue weighted by Gasteiger charge is -2.36. The van der Waals surface area contributed by atoms with E-state index in [0.717, 1.165) is 33.3 Å². The molecule has 1 aliphatic rings. The Morgan fingerprint density at radius 1 is 0.833 bits per heavy atom. The second kappa shape index (κ2) is 12.2. The maximum atomic E-state index is 14.7. The van der Waals surface area contributed by atoms with E-state index in [1.54, 1.807) is 21.3 Å². The van der Waals surface area contributed by atoms with Crippen LogP contribution < -0.4 is 10.9 Å². The summed E-state index contributed by atoms with van der Waals surface area (Å²) in [4.78, 5) is 45.0. The van der Waals surface area contributed by atoms with E-state index in [9.17, 15) is 14.4 Å². The zero-order valence-corrected chi connectivity index (χ0v) is 27.8. The highest BCUT2D eigenvalue weighted by Gasteiger charge is 2.47. The highest BCUT2D eigenvalue weighted by atomic mass is 16.2. The van der Waals surface area contributed by atoms with Crippen molar-refractivity contribution in [2.24, 2.45) is 20.0 Å². The van der Waals surface area contributed by atoms with Crippen molar-refractivity contribution in [3.63, 3.8) is 0 Å². The third kappa shape index (κ3) is 4.78. The fraction of sp³-hybridized carbons (Fsp3) is 0.225. The van der Waals surface area contributed by atoms with Crippen molar-refractivity contribution >= 4 is 28.4 Å². The van der Waals surface area contributed by atoms with E-state index in [4.69, 9.17) is 0 Å². The number of rotatable bonds is 8. The predicted molar refractivity (Wildman–Crippen MR) is 190 cm³/mol. The SMILES string of the molecule is CCC(C)C(C(=O)Nc1c(C)n(C)n(-c2ccccc2)c1=O)N1C(=O)c2ccccc2C1c1c(-c2ccccc2)n(C)c2ccccc12. The van der Waals surface area contributed by atoms with Crippen LogP contribution in [0.4, 0.5) is 5.69 Å². The van der Waals surface area contributed by atoms with Gasteiger partial charge in [0, 0.05) is 36.1 Å². The number of anilines is 1. The number of fused-ring (bicyclic) bond motifs is 2. The minimum Gasteiger partial charge on any atom is -0.343 e. The molecule has 3 atom stereocenters. The van der Waals surface area contributed by atoms with Gasteiger partial charge in [0.1, 0.15) is 11.7 Å². The van der Waals surface area contributed by atoms with Crippen molar-refractivity contribution in [2.45, 2.75) is 39.3 Å². The van der Waals surface area contributed by atoms with E-state index in [1.165, 1.54) is 0 Å². The summed E-state index contributed by atoms with van der Waals surface area (Å²) in [5.41, 5.74) is 6.65. The number of carbonyl (C=O) groups is 2. The zero-order valence-electron chi connectivity index (χ0n) is 27.8. The Kier molecular flexibility index (Phi) is 7.87. The summed E-state index contributed by atoms with van der Waals surface area (Å²) in [6, 6.07) is 34.0. The van der Waals surface area contributed by atoms with Gasteiger partial charge in [-0.25, -0.2) is 4.68 Å². The number of para-hydroxylation sites is 2. The van der Waals surface area contributed by atoms with Crippen LogP contribution in [0, 0.1) is 12.8 Å². The molecule has 3 unspecified atom stereocenters. The predicted octanol–water partition coefficient (Wildman–Crippen LogP) is 7.24. The van der Waals surface area contributed by atoms with Crippen LogP contribution in [0.3, 0.4) is 0 Å². The monoisotopic (exact) mass is 637 g/mol. The molecule has 0 saturated carbocycles. The number of aryl methyl sites for hydroxylation is 1. The number of carbonyl (C=O) groups excluding carboxylic acids is 2. The molecule has 0 radical (unpaired) electrons. The summed E-state index contributed by atoms with van der Waals surface area (Å²) in [5.74, 6) is -0.807. The first-order chi connectivity index (χ1) is 23.2. The third-order valence-corrected chi connectivity index (χ3v) is 10.0. The zero-order chi connectivity index (χ0) is 33.7. The van der Waals surface area contributed by atoms with E-state index in [2.05, 4.69) is 41.2 Å². The van der Waals surface area contributed by atoms with E-state index >= 15 is 0 Å². The smallest absolute Gasteiger partial charge is 0.295 e. The van der Waals surface area contributed by atoms with Gasteiger partial charge in [-0.3, -0.25) is 19.1 Å². The van der Waals surface area contributed by atoms with Crippen molar-refractivity contribution in [2.75, 3.05) is 5.32 Å². The normalized spacial score (nSPS) is 15.5. The summed E-state index contributed by atoms with van der Waals surface area (Å²) in [6.45, 7) is 5.84. The summed E-state index contributed by atoms with van der Waals surface area (Å²) in [7, 11) is 3.85. The molecule has 8 heteroatoms. The molecule has 0 aliphatic carbocycles. The van der Waals surface area contributed by atoms with Gasteiger partial charge in [-0.1, -0.05) is 105 Å². The Labute approximate surface area is 279 Å². The number of amides is 2. The van der Waals surface area contributed by atoms with Crippen LogP contribution in [-0.4, -0.2) is 36.7 Å². The molecule has 4 aromatic carbocycles. The number of hydrogen-bond donors (Lipinski definition) is 1. The van der Waals surface area contributed by atoms with Gasteiger partial charge in [-0.05, 0) is 48.2 Å². The molecule has 8 nitrogen and oxygen atoms in total. The maximum absolute atomic E-state index is 14.7. The molecular formula is C40H39N5O3. The van der Waals surface area contributed by atoms with Gasteiger partial charge in [-0.15, -0.1) is 0 Å². The van der Waals surface area contributed by atoms with E-state index in [-0.39, 0.29) is 29.0 Å². The maximum Gasteiger partial charge on any atom is 0.295 e. The Morgan fingerprint density at radius 3 is 2.17 bits per heavy atom. The number of nitrogens with zero attached hydrogens (tertiary/aromatic N) is 4. The van der Waals surface area contributed by atoms with Gasteiger partial charge in [0.25, 0.3) is 11.5 Å². The number of benzene rings is 4. The molecule has 0 bridgehead atoms. The van der Waals surface area contributed by atoms with Crippen molar-refractivity contribution in [3.8, 4) is 16.9 Å². The van der Waals surface area contributed by atoms with E-state index in [1.807, 2.05) is 106 Å². The summed E-state index contributed by atoms with van der Waals surface area (Å²) in [5, 5.41) is 4.04. The molecule has 2 aromatic heterocycles. The van der Waals surface area contributed by atoms with Gasteiger partial charge >= 0.3 is 0 Å². The van der Waals surface area contributed by atoms with Crippen LogP contribution in [0.15, 0.2) is 114 Å². The lowest BCUT2D eigenvalue weighted by atomic mass is 9.90. The highest BCUT2D eigenvalue weighted by molar-refractivity contribution is 6.06. The van der Waals surface area contributed by atoms with E-state index < -0.39 is 12.1 Å². The first-order valence-corrected chi connectivity index (χ1v) is 16.4. The van der Waals surface area contributed by atoms with Crippen LogP contribution in [0.25, 0.3) is 27.8 Å². The first-order valence-electron chi connectivity index (χ1n) is 16.4. The molecule has 1 aliphatic heterocycles. The molecule has 48 heavy (non-hydrogen) atoms. The highest BCUT2D eigenvalue weighted by Crippen LogP contribution is 2.48. The molecule has 3 heterocycles. The van der Waals surface area contributed by atoms with Crippen LogP contribution in [0.2, 0.25) is 0 Å². The summed E-state index contributed by atoms with van der Waals surface area (Å²) >= 11 is 0. The standard InChI is InChI=1S/C40H39N5O3/c1-6-25(2)35(38(46)41-34-26(3)43(5)45(40(34)48)28-19-11-8-12-20-28)44-37(29-21-13-14-22-30(29)39(44)47)33-31-23-15-16-24-32(31)42(4)36(33)27-17-9-7-10-18-27/h7-25,35,37H,6H2,1-5H3,(H,41,46). The van der Waals surface area contributed by atoms with Crippen molar-refractivity contribution in [3.05, 3.63) is 142 Å². The fourth-order valence-electron chi connectivity index (χ4n) is 7.35. The molecule has 7 rings (SSSR count). The molecular weight excluding hydrogens is 598 g/mol. The Balaban J connectivity index is 1.41. The second-order valence-corrected chi connectivity index (χ2v) is 12.7. The largest absolute Gasteiger partial charge is 0.343 e. The minimum atomic E-state index is -0.869. The number of nitrogens with one attached hydrogen (secondary N) is 1. The molecule has 0 saturated heterocycles. The molecule has 6 aromatic rings. The van der Waals surface area contributed by atoms with Crippen LogP contribution >= 0.6 is 0 Å². The van der Waals surface area contributed by atoms with E-state index in [0.29, 0.717) is 23.4 Å². The van der Waals surface area contributed by atoms with Crippen LogP contribution in [0.1, 0.15) is 53.5 Å². The average molecular weight is 638 g/mol. The summed E-state index contributed by atoms with van der Waals surface area (Å²) < 4.78 is 5.47. The van der Waals surface area contributed by atoms with Crippen molar-refractivity contribution < 1.29 is 9.59 Å². The van der Waals surface area contributed by atoms with Gasteiger partial charge in [0.05, 0.1) is 23.1 Å². The molecule has 0 fully saturated rings. The number of hydrogen-bond acceptors (Lipinski definition) is 3. The van der Waals surface area contributed by atoms with Gasteiger partial charge in [-0.2, -0.15) is 0 Å². The average Bonchev–Trinajstić information content (AvgIpc) is 3.65. The number of aromatic nitrogens is 3. The molecule has 2 amide bonds. The quantitative estimate of drug-likeness (QED) is 0.191. The van der Waals surface area contributed by atoms with Crippen molar-refractivity contribution in [1.29, 1.82) is 0 Å². The van der Waals surface area contributed by atoms with Gasteiger partial charge in [0.2, 0.25) is 5.91 Å². The lowest BCUT2D eigenvalue weighted by Crippen LogP contribution is -2.50. The molecule has 1 N–H and O–H groups in total. The second-order valence-electron chi connectivity index (χ2n) is 12.7. The fourth-order valence-corrected chi connectivity index (χ4v) is 7.35. The Morgan fingerprint density at radius 2 is 1.46 bits per heavy atom. The van der Waals surface area contributed by atoms with Gasteiger partial charge < -0.3 is 14.8 Å². The molecule has 242 valence electrons. The Bertz CT molecular complexity index is 2230. The van der Waals surface area contributed by atoms with Gasteiger partial charge in [0.15, 0.2) is 0 Å². The third-order valence-electron chi connectivity index (χ3n) is 10.0. The molecule has 0 spiro atoms. The minimum absolute atomic E-state index is 0.200. The summed E-state index contributed by atoms with van der Waals surface area (Å²) in [6.07, 6.45) is 0.647. The van der Waals surface area contributed by atoms with Crippen molar-refractivity contribution in [1.82, 2.24) is 18.8 Å². The first kappa shape index (κ1) is 31.0. The lowest BCUT2D eigenvalue weighted by molar-refractivity contribution is -0.122. The van der Waals surface area contributed by atoms with Crippen LogP contribution in [-0.2, 0) is 18.9 Å². The Hall–Kier alpha value is -5.63. The van der Waals surface area contributed by atoms with Crippen LogP contribution in [0.5, 0.6) is 0 Å². The topological polar surface area (TPSA) is 81.3 Å².